The summed E-state index contributed by atoms with van der Waals surface area (Å²) in [7, 11) is -1.35. The van der Waals surface area contributed by atoms with Crippen LogP contribution < -0.4 is 5.32 Å². The van der Waals surface area contributed by atoms with Crippen LogP contribution in [0.25, 0.3) is 0 Å². The van der Waals surface area contributed by atoms with Crippen molar-refractivity contribution in [1.29, 1.82) is 0 Å². The average Bonchev–Trinajstić information content (AvgIpc) is 2.93. The molecule has 1 aliphatic heterocycles. The molecule has 0 atom stereocenters. The number of hydrogen-bond acceptors (Lipinski definition) is 4. The SMILES string of the molecule is CN=C(NCc1c(C)nn(Cc2ccccc2)c1C)N1CCS(=O)(=O)C(C)(C)C1.I. The van der Waals surface area contributed by atoms with Gasteiger partial charge in [-0.3, -0.25) is 9.67 Å². The summed E-state index contributed by atoms with van der Waals surface area (Å²) in [6.45, 7) is 9.89. The first-order valence-corrected chi connectivity index (χ1v) is 11.5. The largest absolute Gasteiger partial charge is 0.352 e. The van der Waals surface area contributed by atoms with E-state index in [1.165, 1.54) is 5.56 Å². The lowest BCUT2D eigenvalue weighted by Gasteiger charge is -2.39. The van der Waals surface area contributed by atoms with Gasteiger partial charge < -0.3 is 10.2 Å². The molecule has 2 heterocycles. The third kappa shape index (κ3) is 5.16. The standard InChI is InChI=1S/C21H31N5O2S.HI/c1-16-19(17(2)26(24-16)14-18-9-7-6-8-10-18)13-23-20(22-5)25-11-12-29(27,28)21(3,4)15-25;/h6-10H,11-15H2,1-5H3,(H,22,23);1H. The smallest absolute Gasteiger partial charge is 0.193 e. The van der Waals surface area contributed by atoms with Gasteiger partial charge in [-0.1, -0.05) is 30.3 Å². The van der Waals surface area contributed by atoms with Crippen molar-refractivity contribution in [2.24, 2.45) is 4.99 Å². The molecule has 0 unspecified atom stereocenters. The molecule has 9 heteroatoms. The highest BCUT2D eigenvalue weighted by atomic mass is 127. The van der Waals surface area contributed by atoms with Crippen LogP contribution in [-0.4, -0.2) is 59.7 Å². The molecule has 1 fully saturated rings. The number of nitrogens with one attached hydrogen (secondary N) is 1. The number of benzene rings is 1. The number of sulfone groups is 1. The maximum atomic E-state index is 12.3. The van der Waals surface area contributed by atoms with E-state index in [0.29, 0.717) is 19.6 Å². The minimum atomic E-state index is -3.08. The van der Waals surface area contributed by atoms with Crippen molar-refractivity contribution in [3.63, 3.8) is 0 Å². The van der Waals surface area contributed by atoms with Gasteiger partial charge in [0.1, 0.15) is 0 Å². The maximum absolute atomic E-state index is 12.3. The molecule has 0 spiro atoms. The Bertz CT molecular complexity index is 1000. The monoisotopic (exact) mass is 545 g/mol. The van der Waals surface area contributed by atoms with E-state index in [1.807, 2.05) is 34.7 Å². The van der Waals surface area contributed by atoms with Crippen LogP contribution in [0.5, 0.6) is 0 Å². The molecular formula is C21H32IN5O2S. The van der Waals surface area contributed by atoms with E-state index in [2.05, 4.69) is 29.4 Å². The Morgan fingerprint density at radius 2 is 1.90 bits per heavy atom. The Hall–Kier alpha value is -1.62. The van der Waals surface area contributed by atoms with Crippen LogP contribution >= 0.6 is 24.0 Å². The van der Waals surface area contributed by atoms with Crippen molar-refractivity contribution < 1.29 is 8.42 Å². The second-order valence-electron chi connectivity index (χ2n) is 8.19. The van der Waals surface area contributed by atoms with Crippen molar-refractivity contribution in [2.45, 2.75) is 45.5 Å². The number of aryl methyl sites for hydroxylation is 1. The van der Waals surface area contributed by atoms with Crippen molar-refractivity contribution >= 4 is 39.8 Å². The molecule has 2 aromatic rings. The minimum absolute atomic E-state index is 0. The zero-order valence-corrected chi connectivity index (χ0v) is 21.5. The lowest BCUT2D eigenvalue weighted by Crippen LogP contribution is -2.57. The number of hydrogen-bond donors (Lipinski definition) is 1. The molecule has 0 aliphatic carbocycles. The Morgan fingerprint density at radius 3 is 2.50 bits per heavy atom. The first-order valence-electron chi connectivity index (χ1n) is 9.89. The van der Waals surface area contributed by atoms with Crippen LogP contribution in [0.4, 0.5) is 0 Å². The Balaban J connectivity index is 0.00000320. The summed E-state index contributed by atoms with van der Waals surface area (Å²) in [5, 5.41) is 8.11. The van der Waals surface area contributed by atoms with Gasteiger partial charge in [0.15, 0.2) is 15.8 Å². The van der Waals surface area contributed by atoms with Gasteiger partial charge in [-0.05, 0) is 33.3 Å². The van der Waals surface area contributed by atoms with Gasteiger partial charge in [0.25, 0.3) is 0 Å². The first kappa shape index (κ1) is 24.6. The second kappa shape index (κ2) is 9.67. The second-order valence-corrected chi connectivity index (χ2v) is 10.9. The Labute approximate surface area is 196 Å². The number of guanidine groups is 1. The molecule has 1 aliphatic rings. The molecular weight excluding hydrogens is 513 g/mol. The highest BCUT2D eigenvalue weighted by molar-refractivity contribution is 14.0. The fourth-order valence-electron chi connectivity index (χ4n) is 3.72. The first-order chi connectivity index (χ1) is 13.6. The molecule has 1 N–H and O–H groups in total. The molecule has 0 bridgehead atoms. The Morgan fingerprint density at radius 1 is 1.23 bits per heavy atom. The van der Waals surface area contributed by atoms with Crippen LogP contribution in [0.2, 0.25) is 0 Å². The van der Waals surface area contributed by atoms with Crippen LogP contribution in [0.3, 0.4) is 0 Å². The van der Waals surface area contributed by atoms with E-state index < -0.39 is 14.6 Å². The normalized spacial score (nSPS) is 18.0. The van der Waals surface area contributed by atoms with Crippen molar-refractivity contribution in [2.75, 3.05) is 25.9 Å². The third-order valence-corrected chi connectivity index (χ3v) is 8.22. The Kier molecular flexibility index (Phi) is 7.95. The molecule has 0 amide bonds. The molecule has 3 rings (SSSR count). The van der Waals surface area contributed by atoms with Crippen molar-refractivity contribution in [3.8, 4) is 0 Å². The van der Waals surface area contributed by atoms with E-state index >= 15 is 0 Å². The van der Waals surface area contributed by atoms with E-state index in [-0.39, 0.29) is 29.7 Å². The number of aliphatic imine (C=N–C) groups is 1. The van der Waals surface area contributed by atoms with E-state index in [4.69, 9.17) is 5.10 Å². The third-order valence-electron chi connectivity index (χ3n) is 5.68. The molecule has 0 radical (unpaired) electrons. The van der Waals surface area contributed by atoms with Crippen LogP contribution in [-0.2, 0) is 22.9 Å². The van der Waals surface area contributed by atoms with Gasteiger partial charge in [-0.2, -0.15) is 5.10 Å². The molecule has 30 heavy (non-hydrogen) atoms. The predicted molar refractivity (Wildman–Crippen MR) is 132 cm³/mol. The summed E-state index contributed by atoms with van der Waals surface area (Å²) < 4.78 is 25.8. The number of nitrogens with zero attached hydrogens (tertiary/aromatic N) is 4. The van der Waals surface area contributed by atoms with Crippen LogP contribution in [0.15, 0.2) is 35.3 Å². The van der Waals surface area contributed by atoms with Gasteiger partial charge in [-0.15, -0.1) is 24.0 Å². The lowest BCUT2D eigenvalue weighted by molar-refractivity contribution is 0.353. The van der Waals surface area contributed by atoms with E-state index in [0.717, 1.165) is 29.5 Å². The van der Waals surface area contributed by atoms with Gasteiger partial charge in [0, 0.05) is 37.9 Å². The van der Waals surface area contributed by atoms with Gasteiger partial charge in [-0.25, -0.2) is 8.42 Å². The summed E-state index contributed by atoms with van der Waals surface area (Å²) in [6.07, 6.45) is 0. The average molecular weight is 545 g/mol. The van der Waals surface area contributed by atoms with E-state index in [9.17, 15) is 8.42 Å². The van der Waals surface area contributed by atoms with Crippen molar-refractivity contribution in [3.05, 3.63) is 52.8 Å². The summed E-state index contributed by atoms with van der Waals surface area (Å²) in [5.41, 5.74) is 4.47. The minimum Gasteiger partial charge on any atom is -0.352 e. The highest BCUT2D eigenvalue weighted by Crippen LogP contribution is 2.24. The number of rotatable bonds is 4. The molecule has 1 aromatic carbocycles. The number of halogens is 1. The maximum Gasteiger partial charge on any atom is 0.193 e. The highest BCUT2D eigenvalue weighted by Gasteiger charge is 2.41. The fraction of sp³-hybridized carbons (Fsp3) is 0.524. The fourth-order valence-corrected chi connectivity index (χ4v) is 5.09. The summed E-state index contributed by atoms with van der Waals surface area (Å²) in [5.74, 6) is 0.871. The molecule has 166 valence electrons. The lowest BCUT2D eigenvalue weighted by atomic mass is 10.2. The van der Waals surface area contributed by atoms with E-state index in [1.54, 1.807) is 20.9 Å². The summed E-state index contributed by atoms with van der Waals surface area (Å²) in [6, 6.07) is 10.3. The molecule has 7 nitrogen and oxygen atoms in total. The quantitative estimate of drug-likeness (QED) is 0.363. The molecule has 1 saturated heterocycles. The zero-order chi connectivity index (χ0) is 21.2. The predicted octanol–water partition coefficient (Wildman–Crippen LogP) is 2.75. The topological polar surface area (TPSA) is 79.6 Å². The zero-order valence-electron chi connectivity index (χ0n) is 18.3. The molecule has 1 aromatic heterocycles. The van der Waals surface area contributed by atoms with Crippen LogP contribution in [0.1, 0.15) is 36.4 Å². The van der Waals surface area contributed by atoms with Crippen molar-refractivity contribution in [1.82, 2.24) is 20.0 Å². The summed E-state index contributed by atoms with van der Waals surface area (Å²) in [4.78, 5) is 6.41. The molecule has 0 saturated carbocycles. The van der Waals surface area contributed by atoms with Gasteiger partial charge in [0.2, 0.25) is 0 Å². The van der Waals surface area contributed by atoms with Gasteiger partial charge >= 0.3 is 0 Å². The number of aromatic nitrogens is 2. The van der Waals surface area contributed by atoms with Crippen LogP contribution in [0, 0.1) is 13.8 Å². The summed E-state index contributed by atoms with van der Waals surface area (Å²) >= 11 is 0. The van der Waals surface area contributed by atoms with Gasteiger partial charge in [0.05, 0.1) is 22.7 Å².